The van der Waals surface area contributed by atoms with Crippen molar-refractivity contribution in [1.29, 1.82) is 10.5 Å². The number of aryl methyl sites for hydroxylation is 4. The Morgan fingerprint density at radius 1 is 0.800 bits per heavy atom. The highest BCUT2D eigenvalue weighted by Gasteiger charge is 2.13. The molecule has 0 fully saturated rings. The SMILES string of the molecule is Cc1cc(C)n(Cc2cccc(Cn3c(C)cc(C)c(C#N)c3=O)n2)c(=O)c1C#N. The molecule has 7 heteroatoms. The molecule has 0 aromatic carbocycles. The van der Waals surface area contributed by atoms with Gasteiger partial charge in [-0.3, -0.25) is 14.6 Å². The molecule has 7 nitrogen and oxygen atoms in total. The number of hydrogen-bond acceptors (Lipinski definition) is 5. The summed E-state index contributed by atoms with van der Waals surface area (Å²) in [5.74, 6) is 0. The number of nitrogens with zero attached hydrogens (tertiary/aromatic N) is 5. The lowest BCUT2D eigenvalue weighted by Crippen LogP contribution is -2.27. The smallest absolute Gasteiger partial charge is 0.269 e. The Labute approximate surface area is 174 Å². The van der Waals surface area contributed by atoms with Crippen molar-refractivity contribution in [3.8, 4) is 12.1 Å². The summed E-state index contributed by atoms with van der Waals surface area (Å²) in [6.07, 6.45) is 0. The molecule has 0 bridgehead atoms. The number of nitriles is 2. The highest BCUT2D eigenvalue weighted by atomic mass is 16.1. The van der Waals surface area contributed by atoms with Gasteiger partial charge in [-0.2, -0.15) is 10.5 Å². The summed E-state index contributed by atoms with van der Waals surface area (Å²) in [5.41, 5.74) is 3.65. The normalized spacial score (nSPS) is 10.5. The van der Waals surface area contributed by atoms with E-state index in [4.69, 9.17) is 0 Å². The van der Waals surface area contributed by atoms with Gasteiger partial charge in [0.25, 0.3) is 11.1 Å². The third-order valence-electron chi connectivity index (χ3n) is 5.14. The Bertz CT molecular complexity index is 1250. The Morgan fingerprint density at radius 2 is 1.20 bits per heavy atom. The van der Waals surface area contributed by atoms with E-state index < -0.39 is 0 Å². The van der Waals surface area contributed by atoms with Gasteiger partial charge in [0.15, 0.2) is 0 Å². The second-order valence-electron chi connectivity index (χ2n) is 7.31. The predicted molar refractivity (Wildman–Crippen MR) is 112 cm³/mol. The molecule has 3 aromatic heterocycles. The Balaban J connectivity index is 1.99. The quantitative estimate of drug-likeness (QED) is 0.670. The molecule has 0 radical (unpaired) electrons. The van der Waals surface area contributed by atoms with Gasteiger partial charge in [0.05, 0.1) is 24.5 Å². The van der Waals surface area contributed by atoms with E-state index in [2.05, 4.69) is 4.98 Å². The van der Waals surface area contributed by atoms with Gasteiger partial charge in [0.1, 0.15) is 23.3 Å². The zero-order valence-corrected chi connectivity index (χ0v) is 17.4. The molecule has 0 spiro atoms. The van der Waals surface area contributed by atoms with Crippen LogP contribution in [0.5, 0.6) is 0 Å². The van der Waals surface area contributed by atoms with Crippen LogP contribution in [0.3, 0.4) is 0 Å². The average Bonchev–Trinajstić information content (AvgIpc) is 2.69. The fraction of sp³-hybridized carbons (Fsp3) is 0.261. The standard InChI is InChI=1S/C23H21N5O2/c1-14-8-16(3)27(22(29)20(14)10-24)12-18-6-5-7-19(26-18)13-28-17(4)9-15(2)21(11-25)23(28)30/h5-9H,12-13H2,1-4H3. The monoisotopic (exact) mass is 399 g/mol. The molecule has 30 heavy (non-hydrogen) atoms. The molecule has 0 aliphatic heterocycles. The molecule has 0 aliphatic rings. The highest BCUT2D eigenvalue weighted by molar-refractivity contribution is 5.37. The maximum absolute atomic E-state index is 12.7. The molecule has 0 saturated carbocycles. The Hall–Kier alpha value is -3.97. The van der Waals surface area contributed by atoms with Crippen molar-refractivity contribution in [2.75, 3.05) is 0 Å². The molecule has 0 amide bonds. The van der Waals surface area contributed by atoms with E-state index in [1.54, 1.807) is 26.0 Å². The van der Waals surface area contributed by atoms with Crippen LogP contribution in [0.2, 0.25) is 0 Å². The van der Waals surface area contributed by atoms with E-state index >= 15 is 0 Å². The van der Waals surface area contributed by atoms with E-state index in [-0.39, 0.29) is 35.3 Å². The van der Waals surface area contributed by atoms with E-state index in [0.717, 1.165) is 11.4 Å². The zero-order valence-electron chi connectivity index (χ0n) is 17.4. The summed E-state index contributed by atoms with van der Waals surface area (Å²) >= 11 is 0. The van der Waals surface area contributed by atoms with Crippen LogP contribution in [0.25, 0.3) is 0 Å². The first-order chi connectivity index (χ1) is 14.3. The van der Waals surface area contributed by atoms with Crippen molar-refractivity contribution in [1.82, 2.24) is 14.1 Å². The molecule has 0 saturated heterocycles. The molecule has 0 atom stereocenters. The summed E-state index contributed by atoms with van der Waals surface area (Å²) in [6, 6.07) is 13.0. The summed E-state index contributed by atoms with van der Waals surface area (Å²) in [4.78, 5) is 29.9. The number of rotatable bonds is 4. The van der Waals surface area contributed by atoms with Crippen LogP contribution < -0.4 is 11.1 Å². The third-order valence-corrected chi connectivity index (χ3v) is 5.14. The lowest BCUT2D eigenvalue weighted by molar-refractivity contribution is 0.680. The Kier molecular flexibility index (Phi) is 5.66. The lowest BCUT2D eigenvalue weighted by Gasteiger charge is -2.14. The number of hydrogen-bond donors (Lipinski definition) is 0. The van der Waals surface area contributed by atoms with Gasteiger partial charge >= 0.3 is 0 Å². The maximum Gasteiger partial charge on any atom is 0.269 e. The minimum atomic E-state index is -0.341. The van der Waals surface area contributed by atoms with Gasteiger partial charge < -0.3 is 9.13 Å². The van der Waals surface area contributed by atoms with Crippen molar-refractivity contribution in [3.05, 3.63) is 96.1 Å². The summed E-state index contributed by atoms with van der Waals surface area (Å²) in [6.45, 7) is 7.56. The van der Waals surface area contributed by atoms with Gasteiger partial charge in [-0.05, 0) is 63.1 Å². The van der Waals surface area contributed by atoms with Crippen LogP contribution in [0.15, 0.2) is 39.9 Å². The van der Waals surface area contributed by atoms with Crippen LogP contribution in [0.1, 0.15) is 45.0 Å². The van der Waals surface area contributed by atoms with Crippen LogP contribution in [-0.4, -0.2) is 14.1 Å². The number of pyridine rings is 3. The first-order valence-corrected chi connectivity index (χ1v) is 9.44. The largest absolute Gasteiger partial charge is 0.306 e. The number of aromatic nitrogens is 3. The molecule has 3 heterocycles. The summed E-state index contributed by atoms with van der Waals surface area (Å²) in [7, 11) is 0. The van der Waals surface area contributed by atoms with E-state index in [9.17, 15) is 20.1 Å². The van der Waals surface area contributed by atoms with Crippen molar-refractivity contribution < 1.29 is 0 Å². The minimum Gasteiger partial charge on any atom is -0.306 e. The van der Waals surface area contributed by atoms with Crippen LogP contribution >= 0.6 is 0 Å². The first-order valence-electron chi connectivity index (χ1n) is 9.44. The van der Waals surface area contributed by atoms with E-state index in [0.29, 0.717) is 22.5 Å². The molecule has 0 aliphatic carbocycles. The van der Waals surface area contributed by atoms with Crippen molar-refractivity contribution in [2.24, 2.45) is 0 Å². The van der Waals surface area contributed by atoms with E-state index in [1.165, 1.54) is 9.13 Å². The topological polar surface area (TPSA) is 104 Å². The first kappa shape index (κ1) is 20.8. The van der Waals surface area contributed by atoms with Crippen molar-refractivity contribution in [2.45, 2.75) is 40.8 Å². The van der Waals surface area contributed by atoms with Gasteiger partial charge in [0, 0.05) is 11.4 Å². The maximum atomic E-state index is 12.7. The van der Waals surface area contributed by atoms with Crippen molar-refractivity contribution >= 4 is 0 Å². The zero-order chi connectivity index (χ0) is 22.0. The van der Waals surface area contributed by atoms with Crippen molar-refractivity contribution in [3.63, 3.8) is 0 Å². The van der Waals surface area contributed by atoms with Crippen LogP contribution in [0.4, 0.5) is 0 Å². The Morgan fingerprint density at radius 3 is 1.57 bits per heavy atom. The molecular formula is C23H21N5O2. The average molecular weight is 399 g/mol. The fourth-order valence-corrected chi connectivity index (χ4v) is 3.55. The molecule has 3 rings (SSSR count). The van der Waals surface area contributed by atoms with Crippen LogP contribution in [0, 0.1) is 50.4 Å². The second kappa shape index (κ2) is 8.18. The van der Waals surface area contributed by atoms with Gasteiger partial charge in [-0.25, -0.2) is 0 Å². The van der Waals surface area contributed by atoms with Gasteiger partial charge in [-0.1, -0.05) is 6.07 Å². The molecule has 3 aromatic rings. The molecular weight excluding hydrogens is 378 g/mol. The third kappa shape index (κ3) is 3.78. The van der Waals surface area contributed by atoms with Crippen LogP contribution in [-0.2, 0) is 13.1 Å². The fourth-order valence-electron chi connectivity index (χ4n) is 3.55. The predicted octanol–water partition coefficient (Wildman–Crippen LogP) is 2.48. The molecule has 0 N–H and O–H groups in total. The highest BCUT2D eigenvalue weighted by Crippen LogP contribution is 2.10. The van der Waals surface area contributed by atoms with Gasteiger partial charge in [0.2, 0.25) is 0 Å². The summed E-state index contributed by atoms with van der Waals surface area (Å²) < 4.78 is 3.05. The summed E-state index contributed by atoms with van der Waals surface area (Å²) in [5, 5.41) is 18.5. The van der Waals surface area contributed by atoms with E-state index in [1.807, 2.05) is 44.2 Å². The molecule has 150 valence electrons. The molecule has 0 unspecified atom stereocenters. The second-order valence-corrected chi connectivity index (χ2v) is 7.31. The minimum absolute atomic E-state index is 0.127. The van der Waals surface area contributed by atoms with Gasteiger partial charge in [-0.15, -0.1) is 0 Å². The lowest BCUT2D eigenvalue weighted by atomic mass is 10.1.